The highest BCUT2D eigenvalue weighted by Gasteiger charge is 2.21. The highest BCUT2D eigenvalue weighted by atomic mass is 16.5. The molecule has 1 amide bonds. The fourth-order valence-corrected chi connectivity index (χ4v) is 1.62. The van der Waals surface area contributed by atoms with E-state index in [9.17, 15) is 4.79 Å². The Morgan fingerprint density at radius 3 is 3.33 bits per heavy atom. The van der Waals surface area contributed by atoms with Crippen molar-refractivity contribution in [2.24, 2.45) is 5.92 Å². The molecule has 1 aliphatic heterocycles. The Kier molecular flexibility index (Phi) is 3.29. The maximum atomic E-state index is 11.6. The van der Waals surface area contributed by atoms with Crippen LogP contribution in [0.3, 0.4) is 0 Å². The Labute approximate surface area is 87.4 Å². The number of hydrogen-bond donors (Lipinski definition) is 2. The molecule has 2 N–H and O–H groups in total. The number of nitrogens with one attached hydrogen (secondary N) is 2. The van der Waals surface area contributed by atoms with Crippen molar-refractivity contribution in [3.05, 3.63) is 12.2 Å². The van der Waals surface area contributed by atoms with Crippen molar-refractivity contribution in [3.8, 4) is 0 Å². The van der Waals surface area contributed by atoms with E-state index >= 15 is 0 Å². The van der Waals surface area contributed by atoms with Gasteiger partial charge in [0.05, 0.1) is 5.92 Å². The van der Waals surface area contributed by atoms with Crippen LogP contribution in [-0.4, -0.2) is 35.7 Å². The average Bonchev–Trinajstić information content (AvgIpc) is 2.90. The molecule has 2 heterocycles. The molecule has 0 bridgehead atoms. The van der Waals surface area contributed by atoms with Gasteiger partial charge in [-0.05, 0) is 13.0 Å². The summed E-state index contributed by atoms with van der Waals surface area (Å²) < 4.78 is 4.82. The number of carbonyl (C=O) groups is 1. The van der Waals surface area contributed by atoms with Crippen molar-refractivity contribution in [1.82, 2.24) is 20.8 Å². The molecule has 1 saturated heterocycles. The van der Waals surface area contributed by atoms with Gasteiger partial charge in [-0.15, -0.1) is 0 Å². The fourth-order valence-electron chi connectivity index (χ4n) is 1.62. The molecule has 82 valence electrons. The van der Waals surface area contributed by atoms with Crippen LogP contribution in [0.5, 0.6) is 0 Å². The van der Waals surface area contributed by atoms with Gasteiger partial charge < -0.3 is 15.2 Å². The van der Waals surface area contributed by atoms with Crippen LogP contribution in [0.25, 0.3) is 0 Å². The molecule has 1 aromatic heterocycles. The van der Waals surface area contributed by atoms with Crippen molar-refractivity contribution >= 4 is 5.91 Å². The molecule has 0 aromatic carbocycles. The molecule has 0 radical (unpaired) electrons. The smallest absolute Gasteiger partial charge is 0.228 e. The predicted octanol–water partition coefficient (Wildman–Crippen LogP) is -0.662. The Balaban J connectivity index is 1.67. The van der Waals surface area contributed by atoms with Crippen molar-refractivity contribution in [2.45, 2.75) is 12.8 Å². The predicted molar refractivity (Wildman–Crippen MR) is 52.0 cm³/mol. The van der Waals surface area contributed by atoms with Gasteiger partial charge in [0.1, 0.15) is 0 Å². The van der Waals surface area contributed by atoms with E-state index in [1.807, 2.05) is 0 Å². The van der Waals surface area contributed by atoms with Crippen LogP contribution in [0.2, 0.25) is 0 Å². The molecule has 0 saturated carbocycles. The summed E-state index contributed by atoms with van der Waals surface area (Å²) in [7, 11) is 0. The summed E-state index contributed by atoms with van der Waals surface area (Å²) in [6, 6.07) is 0. The molecule has 1 aromatic rings. The Morgan fingerprint density at radius 1 is 1.73 bits per heavy atom. The van der Waals surface area contributed by atoms with Gasteiger partial charge >= 0.3 is 0 Å². The lowest BCUT2D eigenvalue weighted by Gasteiger charge is -2.08. The SMILES string of the molecule is O=C(NCCc1ncno1)C1CCNC1. The van der Waals surface area contributed by atoms with Gasteiger partial charge in [-0.1, -0.05) is 5.16 Å². The Morgan fingerprint density at radius 2 is 2.67 bits per heavy atom. The standard InChI is InChI=1S/C9H14N4O2/c14-9(7-1-3-10-5-7)11-4-2-8-12-6-13-15-8/h6-7,10H,1-5H2,(H,11,14). The van der Waals surface area contributed by atoms with Crippen LogP contribution in [-0.2, 0) is 11.2 Å². The van der Waals surface area contributed by atoms with Gasteiger partial charge in [0, 0.05) is 19.5 Å². The van der Waals surface area contributed by atoms with Crippen LogP contribution >= 0.6 is 0 Å². The minimum Gasteiger partial charge on any atom is -0.355 e. The molecule has 1 fully saturated rings. The van der Waals surface area contributed by atoms with Crippen molar-refractivity contribution in [2.75, 3.05) is 19.6 Å². The first-order chi connectivity index (χ1) is 7.36. The number of carbonyl (C=O) groups excluding carboxylic acids is 1. The van der Waals surface area contributed by atoms with E-state index in [-0.39, 0.29) is 11.8 Å². The Bertz CT molecular complexity index is 306. The zero-order chi connectivity index (χ0) is 10.5. The van der Waals surface area contributed by atoms with E-state index < -0.39 is 0 Å². The minimum absolute atomic E-state index is 0.111. The minimum atomic E-state index is 0.111. The monoisotopic (exact) mass is 210 g/mol. The quantitative estimate of drug-likeness (QED) is 0.689. The molecule has 1 atom stereocenters. The van der Waals surface area contributed by atoms with E-state index in [0.29, 0.717) is 18.9 Å². The lowest BCUT2D eigenvalue weighted by molar-refractivity contribution is -0.124. The first kappa shape index (κ1) is 10.1. The van der Waals surface area contributed by atoms with E-state index in [2.05, 4.69) is 20.8 Å². The summed E-state index contributed by atoms with van der Waals surface area (Å²) in [6.45, 7) is 2.27. The Hall–Kier alpha value is -1.43. The third-order valence-corrected chi connectivity index (χ3v) is 2.48. The third-order valence-electron chi connectivity index (χ3n) is 2.48. The summed E-state index contributed by atoms with van der Waals surface area (Å²) in [4.78, 5) is 15.4. The van der Waals surface area contributed by atoms with Crippen LogP contribution in [0, 0.1) is 5.92 Å². The van der Waals surface area contributed by atoms with E-state index in [1.54, 1.807) is 0 Å². The molecule has 0 spiro atoms. The molecular formula is C9H14N4O2. The summed E-state index contributed by atoms with van der Waals surface area (Å²) >= 11 is 0. The zero-order valence-corrected chi connectivity index (χ0v) is 8.40. The first-order valence-corrected chi connectivity index (χ1v) is 5.10. The summed E-state index contributed by atoms with van der Waals surface area (Å²) in [6.07, 6.45) is 2.87. The van der Waals surface area contributed by atoms with Crippen LogP contribution in [0.1, 0.15) is 12.3 Å². The zero-order valence-electron chi connectivity index (χ0n) is 8.40. The summed E-state index contributed by atoms with van der Waals surface area (Å²) in [5, 5.41) is 9.50. The van der Waals surface area contributed by atoms with Gasteiger partial charge in [-0.25, -0.2) is 0 Å². The number of hydrogen-bond acceptors (Lipinski definition) is 5. The molecule has 15 heavy (non-hydrogen) atoms. The van der Waals surface area contributed by atoms with E-state index in [4.69, 9.17) is 4.52 Å². The largest absolute Gasteiger partial charge is 0.355 e. The lowest BCUT2D eigenvalue weighted by Crippen LogP contribution is -2.33. The molecule has 6 nitrogen and oxygen atoms in total. The second-order valence-corrected chi connectivity index (χ2v) is 3.57. The third kappa shape index (κ3) is 2.76. The highest BCUT2D eigenvalue weighted by Crippen LogP contribution is 2.06. The number of rotatable bonds is 4. The van der Waals surface area contributed by atoms with Gasteiger partial charge in [-0.2, -0.15) is 4.98 Å². The second kappa shape index (κ2) is 4.88. The second-order valence-electron chi connectivity index (χ2n) is 3.57. The summed E-state index contributed by atoms with van der Waals surface area (Å²) in [5.41, 5.74) is 0. The molecule has 1 aliphatic rings. The normalized spacial score (nSPS) is 20.4. The molecule has 1 unspecified atom stereocenters. The number of amides is 1. The molecule has 2 rings (SSSR count). The van der Waals surface area contributed by atoms with Crippen molar-refractivity contribution < 1.29 is 9.32 Å². The van der Waals surface area contributed by atoms with Crippen molar-refractivity contribution in [1.29, 1.82) is 0 Å². The van der Waals surface area contributed by atoms with Gasteiger partial charge in [0.25, 0.3) is 0 Å². The number of aromatic nitrogens is 2. The van der Waals surface area contributed by atoms with Crippen LogP contribution in [0.4, 0.5) is 0 Å². The fraction of sp³-hybridized carbons (Fsp3) is 0.667. The lowest BCUT2D eigenvalue weighted by atomic mass is 10.1. The summed E-state index contributed by atoms with van der Waals surface area (Å²) in [5.74, 6) is 0.784. The van der Waals surface area contributed by atoms with Crippen molar-refractivity contribution in [3.63, 3.8) is 0 Å². The van der Waals surface area contributed by atoms with Gasteiger partial charge in [0.2, 0.25) is 11.8 Å². The van der Waals surface area contributed by atoms with Crippen LogP contribution < -0.4 is 10.6 Å². The van der Waals surface area contributed by atoms with Crippen LogP contribution in [0.15, 0.2) is 10.9 Å². The molecule has 0 aliphatic carbocycles. The average molecular weight is 210 g/mol. The van der Waals surface area contributed by atoms with Gasteiger partial charge in [-0.3, -0.25) is 4.79 Å². The number of nitrogens with zero attached hydrogens (tertiary/aromatic N) is 2. The van der Waals surface area contributed by atoms with Gasteiger partial charge in [0.15, 0.2) is 6.33 Å². The first-order valence-electron chi connectivity index (χ1n) is 5.10. The highest BCUT2D eigenvalue weighted by molar-refractivity contribution is 5.79. The van der Waals surface area contributed by atoms with E-state index in [0.717, 1.165) is 19.5 Å². The maximum absolute atomic E-state index is 11.6. The topological polar surface area (TPSA) is 80.1 Å². The molecule has 6 heteroatoms. The molecular weight excluding hydrogens is 196 g/mol. The van der Waals surface area contributed by atoms with E-state index in [1.165, 1.54) is 6.33 Å². The maximum Gasteiger partial charge on any atom is 0.228 e.